The van der Waals surface area contributed by atoms with Crippen molar-refractivity contribution in [1.82, 2.24) is 16.0 Å². The molecule has 6 aromatic carbocycles. The molecule has 46 heteroatoms. The molecule has 27 N–H and O–H groups in total. The summed E-state index contributed by atoms with van der Waals surface area (Å²) in [6.45, 7) is 4.32. The average molecular weight is 2020 g/mol. The van der Waals surface area contributed by atoms with Crippen LogP contribution in [0.15, 0.2) is 182 Å². The van der Waals surface area contributed by atoms with Gasteiger partial charge in [-0.2, -0.15) is 0 Å². The third-order valence-corrected chi connectivity index (χ3v) is 25.5. The Kier molecular flexibility index (Phi) is 42.8. The largest absolute Gasteiger partial charge is 0.461 e. The van der Waals surface area contributed by atoms with Gasteiger partial charge >= 0.3 is 30.2 Å². The number of rotatable bonds is 31. The van der Waals surface area contributed by atoms with Gasteiger partial charge in [-0.05, 0) is 53.0 Å². The fourth-order valence-electron chi connectivity index (χ4n) is 17.6. The summed E-state index contributed by atoms with van der Waals surface area (Å²) in [6.07, 6.45) is -45.6. The van der Waals surface area contributed by atoms with Gasteiger partial charge in [0.1, 0.15) is 173 Å². The Morgan fingerprint density at radius 2 is 0.706 bits per heavy atom. The molecule has 15 rings (SSSR count). The Balaban J connectivity index is 0.000000234. The number of fused-ring (bicyclic) bond motifs is 1. The maximum Gasteiger partial charge on any atom is 0.407 e. The number of esters is 2. The first-order valence-corrected chi connectivity index (χ1v) is 47.2. The molecule has 9 aliphatic rings. The van der Waals surface area contributed by atoms with E-state index in [-0.39, 0.29) is 64.2 Å². The normalized spacial score (nSPS) is 36.7. The Morgan fingerprint density at radius 1 is 0.350 bits per heavy atom. The van der Waals surface area contributed by atoms with Crippen molar-refractivity contribution >= 4 is 30.2 Å². The third kappa shape index (κ3) is 30.1. The Labute approximate surface area is 823 Å². The molecule has 7 heterocycles. The molecule has 3 amide bonds. The van der Waals surface area contributed by atoms with Crippen LogP contribution >= 0.6 is 0 Å². The van der Waals surface area contributed by atoms with Crippen molar-refractivity contribution in [2.75, 3.05) is 33.0 Å². The number of aliphatic hydroxyl groups excluding tert-OH is 14. The lowest BCUT2D eigenvalue weighted by Gasteiger charge is -2.50. The molecule has 7 aliphatic heterocycles. The highest BCUT2D eigenvalue weighted by Gasteiger charge is 2.60. The summed E-state index contributed by atoms with van der Waals surface area (Å²) in [5.41, 5.74) is 34.7. The number of hydrogen-bond donors (Lipinski definition) is 22. The van der Waals surface area contributed by atoms with E-state index in [1.165, 1.54) is 13.8 Å². The number of aliphatic hydroxyl groups is 14. The summed E-state index contributed by atoms with van der Waals surface area (Å²) in [7, 11) is 0. The molecule has 6 aromatic rings. The summed E-state index contributed by atoms with van der Waals surface area (Å²) >= 11 is 0. The topological polar surface area (TPSA) is 710 Å². The average Bonchev–Trinajstić information content (AvgIpc) is 1.59. The van der Waals surface area contributed by atoms with E-state index in [1.54, 1.807) is 105 Å². The zero-order valence-electron chi connectivity index (χ0n) is 79.0. The predicted octanol–water partition coefficient (Wildman–Crippen LogP) is -2.80. The van der Waals surface area contributed by atoms with Crippen LogP contribution in [0.4, 0.5) is 14.4 Å². The molecule has 0 aromatic heterocycles. The SMILES string of the molecule is CC(=O)OCc1ccccc1.CC(=O)OCc1ccccc1.CC[C@@H]1O[C@H](O[C@H]2[C@@H](O)[C@H](O[C@@H]3[C@@H](O)[C@H](NC(=O)OCc4ccccc4)C[C@H](C)[C@H]3O[C@H]3O[C@@H]4COC(c5ccccc5)O[C@H]4[C@H](O)[C@H]3NC(=O)OCc3ccccc3)O[C@@H]2CO)[C@H](NC(=O)OCc2ccccc2)[C@@H](O)[C@@H]1O.NC[C@@H]1O[C@H](O[C@H]2[C@@H](O)[C@H](O[C@@H]3[C@@H](O)[C@H](N)C[C@H](N)[C@H]3O[C@H]3O[C@H](CO)[C@@H](O)[C@H](O)[C@H]3N)O[C@@H]2CO)[C@H](N)[C@@H](O)[C@@H]1O. The van der Waals surface area contributed by atoms with E-state index in [9.17, 15) is 95.5 Å². The smallest absolute Gasteiger partial charge is 0.407 e. The lowest BCUT2D eigenvalue weighted by Crippen LogP contribution is -2.69. The highest BCUT2D eigenvalue weighted by molar-refractivity contribution is 5.69. The fourth-order valence-corrected chi connectivity index (χ4v) is 17.6. The van der Waals surface area contributed by atoms with Gasteiger partial charge in [-0.25, -0.2) is 14.4 Å². The molecule has 7 saturated heterocycles. The van der Waals surface area contributed by atoms with Crippen molar-refractivity contribution in [3.05, 3.63) is 215 Å². The quantitative estimate of drug-likeness (QED) is 0.0154. The van der Waals surface area contributed by atoms with E-state index in [2.05, 4.69) is 16.0 Å². The second-order valence-corrected chi connectivity index (χ2v) is 35.9. The van der Waals surface area contributed by atoms with E-state index in [0.29, 0.717) is 35.5 Å². The van der Waals surface area contributed by atoms with Crippen molar-refractivity contribution < 1.29 is 185 Å². The van der Waals surface area contributed by atoms with Crippen molar-refractivity contribution in [3.63, 3.8) is 0 Å². The van der Waals surface area contributed by atoms with Gasteiger partial charge in [0.25, 0.3) is 0 Å². The number of carbonyl (C=O) groups is 5. The molecule has 9 fully saturated rings. The number of nitrogens with two attached hydrogens (primary N) is 5. The second kappa shape index (κ2) is 54.4. The van der Waals surface area contributed by atoms with Gasteiger partial charge in [0.05, 0.1) is 62.9 Å². The van der Waals surface area contributed by atoms with E-state index < -0.39 is 277 Å². The summed E-state index contributed by atoms with van der Waals surface area (Å²) in [4.78, 5) is 61.0. The summed E-state index contributed by atoms with van der Waals surface area (Å²) in [5, 5.41) is 160. The third-order valence-electron chi connectivity index (χ3n) is 25.5. The monoisotopic (exact) mass is 2020 g/mol. The van der Waals surface area contributed by atoms with E-state index in [4.69, 9.17) is 119 Å². The minimum absolute atomic E-state index is 0.0443. The van der Waals surface area contributed by atoms with Gasteiger partial charge in [-0.1, -0.05) is 196 Å². The molecular formula is C97H134N8O38. The molecular weight excluding hydrogens is 1890 g/mol. The van der Waals surface area contributed by atoms with Crippen molar-refractivity contribution in [1.29, 1.82) is 0 Å². The van der Waals surface area contributed by atoms with Crippen molar-refractivity contribution in [2.24, 2.45) is 34.6 Å². The molecule has 143 heavy (non-hydrogen) atoms. The van der Waals surface area contributed by atoms with Crippen LogP contribution in [0.5, 0.6) is 0 Å². The summed E-state index contributed by atoms with van der Waals surface area (Å²) in [5.74, 6) is -1.15. The zero-order chi connectivity index (χ0) is 103. The van der Waals surface area contributed by atoms with Crippen LogP contribution in [-0.2, 0) is 133 Å². The van der Waals surface area contributed by atoms with Gasteiger partial charge in [-0.15, -0.1) is 0 Å². The van der Waals surface area contributed by atoms with E-state index >= 15 is 0 Å². The molecule has 2 aliphatic carbocycles. The Bertz CT molecular complexity index is 4740. The number of nitrogens with one attached hydrogen (secondary N) is 3. The van der Waals surface area contributed by atoms with Gasteiger partial charge < -0.3 is 206 Å². The number of benzene rings is 6. The molecule has 790 valence electrons. The number of hydrogen-bond acceptors (Lipinski definition) is 43. The summed E-state index contributed by atoms with van der Waals surface area (Å²) < 4.78 is 111. The van der Waals surface area contributed by atoms with Crippen LogP contribution in [0.2, 0.25) is 0 Å². The van der Waals surface area contributed by atoms with Crippen LogP contribution in [-0.4, -0.2) is 361 Å². The first-order chi connectivity index (χ1) is 68.7. The standard InChI is InChI=1S/C56H69N3O20.C23H45N5O14.2C9H10O2/c1-3-36-42(62)43(63)39(58-55(67)71-27-32-18-10-5-11-19-32)51(73-36)78-47-37(25-60)74-53(45(47)65)79-49-41(61)35(57-54(66)70-26-31-16-8-4-9-17-31)24-30(2)46(49)76-52-40(59-56(68)72-28-33-20-12-6-13-21-33)44(64)48-38(75-52)29-69-50(77-48)34-22-14-7-15-23-34;24-2-7-13(32)15(34)10(27)21(37-7)41-19-9(4-30)39-23(17(19)36)42-20-12(31)5(25)1-6(26)18(20)40-22-11(28)16(35)14(33)8(3-29)38-22;2*1-8(10)11-7-9-5-3-2-4-6-9/h4-23,30,35-53,60-65H,3,24-29H2,1-2H3,(H,57,66)(H,58,67)(H,59,68);5-23,29-36H,1-4,24-28H2;2*2-6H,7H2,1H3/t30-,35+,36-,37+,38+,39+,40+,41-,42+,43+,44+,45+,46+,47+,48+,49+,50?,51+,52+,53-;5-,6+,7+,8-,9-,10-,11-,12+,13-,14-,15-,16-,17-,18-,19-,20-,21-,22-,23+;;/m01../s1. The molecule has 46 nitrogen and oxygen atoms in total. The first kappa shape index (κ1) is 112. The molecule has 0 radical (unpaired) electrons. The molecule has 1 unspecified atom stereocenters. The van der Waals surface area contributed by atoms with Crippen molar-refractivity contribution in [2.45, 2.75) is 313 Å². The lowest BCUT2D eigenvalue weighted by molar-refractivity contribution is -0.360. The number of amides is 3. The highest BCUT2D eigenvalue weighted by atomic mass is 16.8. The van der Waals surface area contributed by atoms with Crippen LogP contribution in [0, 0.1) is 5.92 Å². The molecule has 0 bridgehead atoms. The Morgan fingerprint density at radius 3 is 1.14 bits per heavy atom. The maximum atomic E-state index is 13.6. The van der Waals surface area contributed by atoms with E-state index in [0.717, 1.165) is 11.1 Å². The summed E-state index contributed by atoms with van der Waals surface area (Å²) in [6, 6.07) is 46.7. The second-order valence-electron chi connectivity index (χ2n) is 35.9. The number of carbonyl (C=O) groups excluding carboxylic acids is 5. The minimum atomic E-state index is -1.81. The lowest BCUT2D eigenvalue weighted by atomic mass is 9.80. The number of alkyl carbamates (subject to hydrolysis) is 3. The van der Waals surface area contributed by atoms with Gasteiger partial charge in [0, 0.05) is 38.0 Å². The van der Waals surface area contributed by atoms with Crippen molar-refractivity contribution in [3.8, 4) is 0 Å². The molecule has 2 saturated carbocycles. The highest BCUT2D eigenvalue weighted by Crippen LogP contribution is 2.42. The maximum absolute atomic E-state index is 13.6. The van der Waals surface area contributed by atoms with Crippen LogP contribution in [0.3, 0.4) is 0 Å². The molecule has 0 spiro atoms. The van der Waals surface area contributed by atoms with E-state index in [1.807, 2.05) is 91.0 Å². The van der Waals surface area contributed by atoms with Gasteiger partial charge in [-0.3, -0.25) is 9.59 Å². The van der Waals surface area contributed by atoms with Crippen LogP contribution in [0.25, 0.3) is 0 Å². The number of ether oxygens (including phenoxy) is 19. The zero-order valence-corrected chi connectivity index (χ0v) is 79.0. The van der Waals surface area contributed by atoms with Crippen LogP contribution in [0.1, 0.15) is 86.6 Å². The fraction of sp³-hybridized carbons (Fsp3) is 0.577. The predicted molar refractivity (Wildman–Crippen MR) is 493 cm³/mol. The van der Waals surface area contributed by atoms with Crippen LogP contribution < -0.4 is 44.6 Å². The minimum Gasteiger partial charge on any atom is -0.461 e. The Hall–Kier alpha value is -9.25. The van der Waals surface area contributed by atoms with Gasteiger partial charge in [0.2, 0.25) is 0 Å². The molecule has 39 atom stereocenters. The first-order valence-electron chi connectivity index (χ1n) is 47.2. The van der Waals surface area contributed by atoms with Gasteiger partial charge in [0.15, 0.2) is 44.0 Å².